The number of hydrogen-bond donors (Lipinski definition) is 0. The minimum atomic E-state index is 0.850. The molecule has 1 aromatic carbocycles. The number of thioether (sulfide) groups is 1. The minimum absolute atomic E-state index is 0.850. The van der Waals surface area contributed by atoms with Crippen LogP contribution in [0.1, 0.15) is 5.56 Å². The molecule has 2 heteroatoms. The smallest absolute Gasteiger partial charge is 0.119 e. The van der Waals surface area contributed by atoms with Crippen molar-refractivity contribution in [2.24, 2.45) is 0 Å². The Kier molecular flexibility index (Phi) is 3.65. The van der Waals surface area contributed by atoms with Crippen molar-refractivity contribution in [3.8, 4) is 5.75 Å². The zero-order valence-electron chi connectivity index (χ0n) is 7.62. The Morgan fingerprint density at radius 3 is 2.92 bits per heavy atom. The van der Waals surface area contributed by atoms with Gasteiger partial charge in [-0.2, -0.15) is 0 Å². The van der Waals surface area contributed by atoms with Crippen molar-refractivity contribution in [3.05, 3.63) is 48.4 Å². The van der Waals surface area contributed by atoms with Gasteiger partial charge in [0.25, 0.3) is 0 Å². The minimum Gasteiger partial charge on any atom is -0.497 e. The summed E-state index contributed by atoms with van der Waals surface area (Å²) in [5.41, 5.74) is 1.07. The Balaban J connectivity index is 2.87. The molecule has 0 aliphatic heterocycles. The fraction of sp³-hybridized carbons (Fsp3) is 0.0909. The van der Waals surface area contributed by atoms with E-state index >= 15 is 0 Å². The Bertz CT molecular complexity index is 318. The van der Waals surface area contributed by atoms with Gasteiger partial charge in [-0.05, 0) is 23.1 Å². The van der Waals surface area contributed by atoms with Crippen LogP contribution >= 0.6 is 11.8 Å². The molecule has 1 aromatic rings. The standard InChI is InChI=1S/C11H12OS/c1-4-13-9(2)10-6-5-7-11(8-10)12-3/h4-8H,1-2H2,3H3. The summed E-state index contributed by atoms with van der Waals surface area (Å²) < 4.78 is 5.11. The molecule has 0 fully saturated rings. The van der Waals surface area contributed by atoms with Crippen molar-refractivity contribution < 1.29 is 4.74 Å². The topological polar surface area (TPSA) is 9.23 Å². The zero-order valence-corrected chi connectivity index (χ0v) is 8.43. The van der Waals surface area contributed by atoms with E-state index in [0.717, 1.165) is 16.2 Å². The average molecular weight is 192 g/mol. The SMILES string of the molecule is C=CSC(=C)c1cccc(OC)c1. The van der Waals surface area contributed by atoms with Crippen LogP contribution in [-0.4, -0.2) is 7.11 Å². The summed E-state index contributed by atoms with van der Waals surface area (Å²) in [6, 6.07) is 7.82. The van der Waals surface area contributed by atoms with E-state index in [-0.39, 0.29) is 0 Å². The highest BCUT2D eigenvalue weighted by atomic mass is 32.2. The predicted octanol–water partition coefficient (Wildman–Crippen LogP) is 3.54. The summed E-state index contributed by atoms with van der Waals surface area (Å²) in [4.78, 5) is 0.980. The first kappa shape index (κ1) is 9.93. The molecule has 0 aromatic heterocycles. The first-order chi connectivity index (χ1) is 6.27. The van der Waals surface area contributed by atoms with Gasteiger partial charge in [-0.1, -0.05) is 37.1 Å². The van der Waals surface area contributed by atoms with Crippen molar-refractivity contribution in [1.29, 1.82) is 0 Å². The van der Waals surface area contributed by atoms with E-state index in [2.05, 4.69) is 13.2 Å². The van der Waals surface area contributed by atoms with Crippen LogP contribution in [0.15, 0.2) is 42.8 Å². The molecule has 0 aliphatic carbocycles. The third-order valence-corrected chi connectivity index (χ3v) is 2.30. The van der Waals surface area contributed by atoms with Gasteiger partial charge in [-0.15, -0.1) is 0 Å². The Morgan fingerprint density at radius 1 is 1.54 bits per heavy atom. The Morgan fingerprint density at radius 2 is 2.31 bits per heavy atom. The Labute approximate surface area is 83.1 Å². The van der Waals surface area contributed by atoms with Crippen molar-refractivity contribution >= 4 is 16.7 Å². The van der Waals surface area contributed by atoms with Crippen LogP contribution < -0.4 is 4.74 Å². The van der Waals surface area contributed by atoms with Crippen LogP contribution in [0.3, 0.4) is 0 Å². The summed E-state index contributed by atoms with van der Waals surface area (Å²) in [5.74, 6) is 0.850. The first-order valence-corrected chi connectivity index (χ1v) is 4.77. The summed E-state index contributed by atoms with van der Waals surface area (Å²) >= 11 is 1.52. The zero-order chi connectivity index (χ0) is 9.68. The van der Waals surface area contributed by atoms with Gasteiger partial charge in [0, 0.05) is 4.91 Å². The number of methoxy groups -OCH3 is 1. The van der Waals surface area contributed by atoms with E-state index in [9.17, 15) is 0 Å². The normalized spacial score (nSPS) is 9.31. The van der Waals surface area contributed by atoms with Crippen molar-refractivity contribution in [2.75, 3.05) is 7.11 Å². The van der Waals surface area contributed by atoms with Crippen molar-refractivity contribution in [1.82, 2.24) is 0 Å². The molecule has 13 heavy (non-hydrogen) atoms. The molecule has 0 radical (unpaired) electrons. The molecule has 0 N–H and O–H groups in total. The fourth-order valence-corrected chi connectivity index (χ4v) is 1.43. The summed E-state index contributed by atoms with van der Waals surface area (Å²) in [7, 11) is 1.66. The van der Waals surface area contributed by atoms with E-state index in [4.69, 9.17) is 4.74 Å². The highest BCUT2D eigenvalue weighted by Gasteiger charge is 1.98. The third kappa shape index (κ3) is 2.67. The van der Waals surface area contributed by atoms with Crippen LogP contribution in [0, 0.1) is 0 Å². The summed E-state index contributed by atoms with van der Waals surface area (Å²) in [6.45, 7) is 7.57. The van der Waals surface area contributed by atoms with Gasteiger partial charge in [0.05, 0.1) is 7.11 Å². The molecule has 0 amide bonds. The molecule has 0 atom stereocenters. The van der Waals surface area contributed by atoms with Crippen molar-refractivity contribution in [2.45, 2.75) is 0 Å². The number of benzene rings is 1. The molecule has 0 spiro atoms. The summed E-state index contributed by atoms with van der Waals surface area (Å²) in [5, 5.41) is 1.77. The lowest BCUT2D eigenvalue weighted by molar-refractivity contribution is 0.414. The fourth-order valence-electron chi connectivity index (χ4n) is 0.965. The van der Waals surface area contributed by atoms with Crippen molar-refractivity contribution in [3.63, 3.8) is 0 Å². The van der Waals surface area contributed by atoms with Gasteiger partial charge in [0.1, 0.15) is 5.75 Å². The van der Waals surface area contributed by atoms with Gasteiger partial charge < -0.3 is 4.74 Å². The van der Waals surface area contributed by atoms with Gasteiger partial charge >= 0.3 is 0 Å². The molecule has 0 saturated heterocycles. The lowest BCUT2D eigenvalue weighted by Gasteiger charge is -2.04. The number of rotatable bonds is 4. The van der Waals surface area contributed by atoms with E-state index < -0.39 is 0 Å². The van der Waals surface area contributed by atoms with Gasteiger partial charge in [0.15, 0.2) is 0 Å². The van der Waals surface area contributed by atoms with E-state index in [1.165, 1.54) is 11.8 Å². The quantitative estimate of drug-likeness (QED) is 0.721. The second-order valence-electron chi connectivity index (χ2n) is 2.44. The highest BCUT2D eigenvalue weighted by Crippen LogP contribution is 2.27. The van der Waals surface area contributed by atoms with E-state index in [0.29, 0.717) is 0 Å². The van der Waals surface area contributed by atoms with Gasteiger partial charge in [-0.3, -0.25) is 0 Å². The maximum Gasteiger partial charge on any atom is 0.119 e. The number of hydrogen-bond acceptors (Lipinski definition) is 2. The maximum absolute atomic E-state index is 5.11. The summed E-state index contributed by atoms with van der Waals surface area (Å²) in [6.07, 6.45) is 0. The molecular weight excluding hydrogens is 180 g/mol. The third-order valence-electron chi connectivity index (χ3n) is 1.62. The molecule has 0 aliphatic rings. The lowest BCUT2D eigenvalue weighted by atomic mass is 10.2. The lowest BCUT2D eigenvalue weighted by Crippen LogP contribution is -1.83. The molecule has 0 unspecified atom stereocenters. The molecular formula is C11H12OS. The van der Waals surface area contributed by atoms with Crippen LogP contribution in [0.4, 0.5) is 0 Å². The second kappa shape index (κ2) is 4.77. The van der Waals surface area contributed by atoms with Gasteiger partial charge in [-0.25, -0.2) is 0 Å². The molecule has 0 bridgehead atoms. The average Bonchev–Trinajstić information content (AvgIpc) is 2.18. The second-order valence-corrected chi connectivity index (χ2v) is 3.50. The first-order valence-electron chi connectivity index (χ1n) is 3.89. The van der Waals surface area contributed by atoms with Crippen LogP contribution in [0.2, 0.25) is 0 Å². The maximum atomic E-state index is 5.11. The molecule has 1 rings (SSSR count). The monoisotopic (exact) mass is 192 g/mol. The van der Waals surface area contributed by atoms with Crippen LogP contribution in [-0.2, 0) is 0 Å². The van der Waals surface area contributed by atoms with Crippen LogP contribution in [0.25, 0.3) is 4.91 Å². The highest BCUT2D eigenvalue weighted by molar-refractivity contribution is 8.10. The Hall–Kier alpha value is -1.15. The molecule has 1 nitrogen and oxygen atoms in total. The largest absolute Gasteiger partial charge is 0.497 e. The van der Waals surface area contributed by atoms with E-state index in [1.807, 2.05) is 24.3 Å². The molecule has 0 saturated carbocycles. The van der Waals surface area contributed by atoms with Crippen LogP contribution in [0.5, 0.6) is 5.75 Å². The molecule has 68 valence electrons. The van der Waals surface area contributed by atoms with Gasteiger partial charge in [0.2, 0.25) is 0 Å². The molecule has 0 heterocycles. The predicted molar refractivity (Wildman–Crippen MR) is 59.8 cm³/mol. The van der Waals surface area contributed by atoms with E-state index in [1.54, 1.807) is 12.5 Å². The number of ether oxygens (including phenoxy) is 1.